The first-order valence-corrected chi connectivity index (χ1v) is 5.62. The summed E-state index contributed by atoms with van der Waals surface area (Å²) >= 11 is 0. The van der Waals surface area contributed by atoms with E-state index in [-0.39, 0.29) is 6.42 Å². The third-order valence-electron chi connectivity index (χ3n) is 2.54. The number of rotatable bonds is 8. The zero-order chi connectivity index (χ0) is 13.3. The van der Waals surface area contributed by atoms with Crippen LogP contribution in [0, 0.1) is 0 Å². The van der Waals surface area contributed by atoms with Gasteiger partial charge in [0, 0.05) is 0 Å². The molecule has 0 fully saturated rings. The maximum Gasteiger partial charge on any atom is 0.349 e. The van der Waals surface area contributed by atoms with Crippen molar-refractivity contribution in [3.8, 4) is 0 Å². The largest absolute Gasteiger partial charge is 0.466 e. The van der Waals surface area contributed by atoms with E-state index in [1.165, 1.54) is 0 Å². The van der Waals surface area contributed by atoms with Crippen LogP contribution >= 0.6 is 0 Å². The summed E-state index contributed by atoms with van der Waals surface area (Å²) < 4.78 is 8.81. The Balaban J connectivity index is 4.30. The summed E-state index contributed by atoms with van der Waals surface area (Å²) in [6.45, 7) is 0.609. The van der Waals surface area contributed by atoms with E-state index in [2.05, 4.69) is 9.47 Å². The third kappa shape index (κ3) is 4.70. The molecule has 0 bridgehead atoms. The average molecular weight is 247 g/mol. The molecule has 0 aromatic rings. The molecule has 0 unspecified atom stereocenters. The summed E-state index contributed by atoms with van der Waals surface area (Å²) in [5, 5.41) is 9.93. The number of esters is 2. The Morgan fingerprint density at radius 3 is 1.94 bits per heavy atom. The van der Waals surface area contributed by atoms with Crippen molar-refractivity contribution >= 4 is 11.9 Å². The van der Waals surface area contributed by atoms with Crippen molar-refractivity contribution in [2.75, 3.05) is 20.8 Å². The van der Waals surface area contributed by atoms with Gasteiger partial charge in [-0.25, -0.2) is 9.59 Å². The molecule has 0 aliphatic rings. The average Bonchev–Trinajstić information content (AvgIpc) is 2.36. The van der Waals surface area contributed by atoms with Crippen molar-refractivity contribution in [2.45, 2.75) is 37.7 Å². The Morgan fingerprint density at radius 1 is 1.06 bits per heavy atom. The summed E-state index contributed by atoms with van der Waals surface area (Å²) in [6.07, 6.45) is 3.09. The molecule has 0 saturated heterocycles. The summed E-state index contributed by atoms with van der Waals surface area (Å²) in [5.74, 6) is -1.97. The van der Waals surface area contributed by atoms with Crippen LogP contribution in [0.1, 0.15) is 32.1 Å². The van der Waals surface area contributed by atoms with Crippen LogP contribution in [-0.4, -0.2) is 43.4 Å². The highest BCUT2D eigenvalue weighted by atomic mass is 16.6. The molecule has 0 aromatic heterocycles. The highest BCUT2D eigenvalue weighted by molar-refractivity contribution is 6.03. The minimum Gasteiger partial charge on any atom is -0.466 e. The molecule has 3 N–H and O–H groups in total. The molecular weight excluding hydrogens is 226 g/mol. The predicted octanol–water partition coefficient (Wildman–Crippen LogP) is -0.0273. The van der Waals surface area contributed by atoms with Crippen LogP contribution in [0.15, 0.2) is 0 Å². The Labute approximate surface area is 101 Å². The number of ether oxygens (including phenoxy) is 2. The molecule has 0 aromatic carbocycles. The maximum absolute atomic E-state index is 11.4. The van der Waals surface area contributed by atoms with E-state index in [1.54, 1.807) is 0 Å². The molecule has 6 nitrogen and oxygen atoms in total. The van der Waals surface area contributed by atoms with Gasteiger partial charge in [-0.2, -0.15) is 0 Å². The number of carbonyl (C=O) groups is 2. The fourth-order valence-corrected chi connectivity index (χ4v) is 1.50. The molecule has 0 radical (unpaired) electrons. The van der Waals surface area contributed by atoms with E-state index in [0.717, 1.165) is 33.5 Å². The Hall–Kier alpha value is -1.14. The van der Waals surface area contributed by atoms with E-state index in [4.69, 9.17) is 5.73 Å². The molecule has 6 heteroatoms. The first kappa shape index (κ1) is 15.9. The second-order valence-electron chi connectivity index (χ2n) is 3.80. The Morgan fingerprint density at radius 2 is 1.53 bits per heavy atom. The monoisotopic (exact) mass is 247 g/mol. The standard InChI is InChI=1S/C11H21NO5/c1-16-9(13)11(15,10(14)17-2)7-5-3-4-6-8-12/h15H,3-8,12H2,1-2H3. The van der Waals surface area contributed by atoms with Gasteiger partial charge in [0.05, 0.1) is 14.2 Å². The number of hydrogen-bond acceptors (Lipinski definition) is 6. The zero-order valence-electron chi connectivity index (χ0n) is 10.4. The predicted molar refractivity (Wildman–Crippen MR) is 61.1 cm³/mol. The van der Waals surface area contributed by atoms with E-state index in [1.807, 2.05) is 0 Å². The number of carbonyl (C=O) groups excluding carboxylic acids is 2. The number of methoxy groups -OCH3 is 2. The highest BCUT2D eigenvalue weighted by Crippen LogP contribution is 2.19. The topological polar surface area (TPSA) is 98.9 Å². The summed E-state index contributed by atoms with van der Waals surface area (Å²) in [5.41, 5.74) is 3.15. The summed E-state index contributed by atoms with van der Waals surface area (Å²) in [6, 6.07) is 0. The second-order valence-corrected chi connectivity index (χ2v) is 3.80. The van der Waals surface area contributed by atoms with Crippen molar-refractivity contribution in [1.82, 2.24) is 0 Å². The van der Waals surface area contributed by atoms with Crippen LogP contribution in [-0.2, 0) is 19.1 Å². The Kier molecular flexibility index (Phi) is 7.49. The lowest BCUT2D eigenvalue weighted by atomic mass is 9.96. The van der Waals surface area contributed by atoms with E-state index in [9.17, 15) is 14.7 Å². The van der Waals surface area contributed by atoms with Gasteiger partial charge in [0.25, 0.3) is 5.60 Å². The molecule has 0 aliphatic carbocycles. The van der Waals surface area contributed by atoms with Crippen LogP contribution in [0.4, 0.5) is 0 Å². The van der Waals surface area contributed by atoms with Crippen molar-refractivity contribution in [1.29, 1.82) is 0 Å². The SMILES string of the molecule is COC(=O)C(O)(CCCCCCN)C(=O)OC. The summed E-state index contributed by atoms with van der Waals surface area (Å²) in [4.78, 5) is 22.7. The minimum absolute atomic E-state index is 0.00306. The first-order valence-electron chi connectivity index (χ1n) is 5.62. The van der Waals surface area contributed by atoms with Gasteiger partial charge in [-0.15, -0.1) is 0 Å². The molecule has 0 rings (SSSR count). The quantitative estimate of drug-likeness (QED) is 0.355. The van der Waals surface area contributed by atoms with Crippen LogP contribution in [0.25, 0.3) is 0 Å². The van der Waals surface area contributed by atoms with Crippen molar-refractivity contribution < 1.29 is 24.2 Å². The normalized spacial score (nSPS) is 11.1. The van der Waals surface area contributed by atoms with Crippen LogP contribution in [0.2, 0.25) is 0 Å². The molecule has 0 atom stereocenters. The van der Waals surface area contributed by atoms with Crippen LogP contribution in [0.5, 0.6) is 0 Å². The first-order chi connectivity index (χ1) is 8.02. The number of hydrogen-bond donors (Lipinski definition) is 2. The van der Waals surface area contributed by atoms with Gasteiger partial charge in [-0.1, -0.05) is 12.8 Å². The van der Waals surface area contributed by atoms with Gasteiger partial charge in [0.2, 0.25) is 0 Å². The van der Waals surface area contributed by atoms with E-state index in [0.29, 0.717) is 13.0 Å². The van der Waals surface area contributed by atoms with Gasteiger partial charge in [0.15, 0.2) is 0 Å². The molecule has 0 saturated carbocycles. The third-order valence-corrected chi connectivity index (χ3v) is 2.54. The van der Waals surface area contributed by atoms with Crippen LogP contribution < -0.4 is 5.73 Å². The van der Waals surface area contributed by atoms with Crippen LogP contribution in [0.3, 0.4) is 0 Å². The fraction of sp³-hybridized carbons (Fsp3) is 0.818. The lowest BCUT2D eigenvalue weighted by Gasteiger charge is -2.22. The van der Waals surface area contributed by atoms with Gasteiger partial charge in [-0.05, 0) is 25.8 Å². The zero-order valence-corrected chi connectivity index (χ0v) is 10.4. The highest BCUT2D eigenvalue weighted by Gasteiger charge is 2.45. The smallest absolute Gasteiger partial charge is 0.349 e. The number of aliphatic hydroxyl groups is 1. The lowest BCUT2D eigenvalue weighted by molar-refractivity contribution is -0.181. The van der Waals surface area contributed by atoms with Gasteiger partial charge in [0.1, 0.15) is 0 Å². The minimum atomic E-state index is -2.19. The molecule has 17 heavy (non-hydrogen) atoms. The number of nitrogens with two attached hydrogens (primary N) is 1. The molecule has 0 spiro atoms. The second kappa shape index (κ2) is 8.03. The Bertz CT molecular complexity index is 238. The van der Waals surface area contributed by atoms with Gasteiger partial charge >= 0.3 is 11.9 Å². The number of unbranched alkanes of at least 4 members (excludes halogenated alkanes) is 3. The molecule has 100 valence electrons. The molecule has 0 amide bonds. The summed E-state index contributed by atoms with van der Waals surface area (Å²) in [7, 11) is 2.23. The van der Waals surface area contributed by atoms with Crippen molar-refractivity contribution in [2.24, 2.45) is 5.73 Å². The van der Waals surface area contributed by atoms with Gasteiger partial charge < -0.3 is 20.3 Å². The molecule has 0 aliphatic heterocycles. The van der Waals surface area contributed by atoms with Crippen molar-refractivity contribution in [3.63, 3.8) is 0 Å². The van der Waals surface area contributed by atoms with Crippen molar-refractivity contribution in [3.05, 3.63) is 0 Å². The maximum atomic E-state index is 11.4. The van der Waals surface area contributed by atoms with Gasteiger partial charge in [-0.3, -0.25) is 0 Å². The molecule has 0 heterocycles. The van der Waals surface area contributed by atoms with E-state index < -0.39 is 17.5 Å². The fourth-order valence-electron chi connectivity index (χ4n) is 1.50. The van der Waals surface area contributed by atoms with E-state index >= 15 is 0 Å². The molecular formula is C11H21NO5. The lowest BCUT2D eigenvalue weighted by Crippen LogP contribution is -2.48.